The molecule has 1 aliphatic carbocycles. The quantitative estimate of drug-likeness (QED) is 0.508. The molecule has 0 amide bonds. The number of halogens is 2. The molecule has 2 N–H and O–H groups in total. The van der Waals surface area contributed by atoms with E-state index in [9.17, 15) is 19.1 Å². The number of fused-ring (bicyclic) bond motifs is 1. The van der Waals surface area contributed by atoms with Crippen molar-refractivity contribution in [3.8, 4) is 11.9 Å². The fourth-order valence-electron chi connectivity index (χ4n) is 3.97. The highest BCUT2D eigenvalue weighted by molar-refractivity contribution is 5.88. The Morgan fingerprint density at radius 1 is 1.21 bits per heavy atom. The Morgan fingerprint density at radius 2 is 1.91 bits per heavy atom. The van der Waals surface area contributed by atoms with Crippen LogP contribution in [0, 0.1) is 18.3 Å². The first-order valence-electron chi connectivity index (χ1n) is 11.0. The van der Waals surface area contributed by atoms with E-state index in [1.165, 1.54) is 19.2 Å². The molecule has 2 aromatic heterocycles. The van der Waals surface area contributed by atoms with Crippen LogP contribution in [0.1, 0.15) is 62.2 Å². The van der Waals surface area contributed by atoms with Crippen molar-refractivity contribution < 1.29 is 18.6 Å². The number of aryl methyl sites for hydroxylation is 1. The molecule has 34 heavy (non-hydrogen) atoms. The molecule has 7 nitrogen and oxygen atoms in total. The van der Waals surface area contributed by atoms with E-state index in [0.29, 0.717) is 39.7 Å². The number of aromatic nitrogens is 3. The van der Waals surface area contributed by atoms with Crippen molar-refractivity contribution in [1.82, 2.24) is 15.0 Å². The lowest BCUT2D eigenvalue weighted by atomic mass is 9.91. The van der Waals surface area contributed by atoms with Gasteiger partial charge in [-0.1, -0.05) is 18.2 Å². The summed E-state index contributed by atoms with van der Waals surface area (Å²) in [5.41, 5.74) is -1.39. The van der Waals surface area contributed by atoms with Crippen molar-refractivity contribution in [1.29, 1.82) is 5.26 Å². The zero-order chi connectivity index (χ0) is 24.9. The summed E-state index contributed by atoms with van der Waals surface area (Å²) >= 11 is 0. The molecule has 9 heteroatoms. The summed E-state index contributed by atoms with van der Waals surface area (Å²) in [5, 5.41) is 23.6. The molecule has 1 atom stereocenters. The molecule has 0 saturated heterocycles. The van der Waals surface area contributed by atoms with Gasteiger partial charge in [0.05, 0.1) is 24.0 Å². The first-order chi connectivity index (χ1) is 15.9. The maximum atomic E-state index is 14.7. The highest BCUT2D eigenvalue weighted by Gasteiger charge is 2.48. The SMILES string of the molecule is COc1nc2nc(C)nc(N[C@H](C)c3cccc(C(F)(F)C(C)(C)O)c3)c2cc1C1(C#N)CC1. The molecule has 1 fully saturated rings. The molecule has 1 saturated carbocycles. The monoisotopic (exact) mass is 467 g/mol. The van der Waals surface area contributed by atoms with Gasteiger partial charge in [-0.05, 0) is 58.2 Å². The highest BCUT2D eigenvalue weighted by atomic mass is 19.3. The smallest absolute Gasteiger partial charge is 0.300 e. The van der Waals surface area contributed by atoms with E-state index < -0.39 is 23.0 Å². The van der Waals surface area contributed by atoms with Crippen LogP contribution in [0.2, 0.25) is 0 Å². The van der Waals surface area contributed by atoms with Gasteiger partial charge in [-0.3, -0.25) is 0 Å². The van der Waals surface area contributed by atoms with Crippen molar-refractivity contribution in [2.75, 3.05) is 12.4 Å². The molecule has 178 valence electrons. The van der Waals surface area contributed by atoms with Gasteiger partial charge >= 0.3 is 5.92 Å². The lowest BCUT2D eigenvalue weighted by Crippen LogP contribution is -2.40. The second kappa shape index (κ2) is 8.13. The van der Waals surface area contributed by atoms with E-state index in [-0.39, 0.29) is 5.56 Å². The largest absolute Gasteiger partial charge is 0.481 e. The van der Waals surface area contributed by atoms with Crippen LogP contribution in [0.5, 0.6) is 5.88 Å². The first-order valence-corrected chi connectivity index (χ1v) is 11.0. The van der Waals surface area contributed by atoms with E-state index in [1.807, 2.05) is 13.0 Å². The van der Waals surface area contributed by atoms with Crippen LogP contribution in [-0.2, 0) is 11.3 Å². The predicted molar refractivity (Wildman–Crippen MR) is 124 cm³/mol. The Morgan fingerprint density at radius 3 is 2.50 bits per heavy atom. The van der Waals surface area contributed by atoms with Gasteiger partial charge < -0.3 is 15.2 Å². The Kier molecular flexibility index (Phi) is 5.68. The lowest BCUT2D eigenvalue weighted by molar-refractivity contribution is -0.168. The highest BCUT2D eigenvalue weighted by Crippen LogP contribution is 2.51. The Balaban J connectivity index is 1.75. The van der Waals surface area contributed by atoms with Crippen molar-refractivity contribution in [2.24, 2.45) is 0 Å². The number of nitrogens with one attached hydrogen (secondary N) is 1. The summed E-state index contributed by atoms with van der Waals surface area (Å²) in [6, 6.07) is 9.77. The number of nitriles is 1. The molecule has 0 unspecified atom stereocenters. The van der Waals surface area contributed by atoms with Crippen LogP contribution in [0.25, 0.3) is 11.0 Å². The maximum Gasteiger partial charge on any atom is 0.300 e. The number of anilines is 1. The van der Waals surface area contributed by atoms with Crippen molar-refractivity contribution in [2.45, 2.75) is 63.5 Å². The standard InChI is InChI=1S/C25H27F2N5O2/c1-14(16-7-6-8-17(11-16)25(26,27)23(3,4)33)29-20-18-12-19(24(13-28)9-10-24)22(34-5)32-21(18)31-15(2)30-20/h6-8,11-12,14,33H,9-10H2,1-5H3,(H,29,30,31,32)/t14-/m1/s1. The van der Waals surface area contributed by atoms with Crippen molar-refractivity contribution in [3.05, 3.63) is 52.8 Å². The second-order valence-corrected chi connectivity index (χ2v) is 9.35. The fraction of sp³-hybridized carbons (Fsp3) is 0.440. The van der Waals surface area contributed by atoms with Gasteiger partial charge in [0, 0.05) is 17.2 Å². The number of rotatable bonds is 7. The topological polar surface area (TPSA) is 104 Å². The third-order valence-electron chi connectivity index (χ3n) is 6.31. The minimum atomic E-state index is -3.42. The van der Waals surface area contributed by atoms with Crippen LogP contribution in [-0.4, -0.2) is 32.8 Å². The van der Waals surface area contributed by atoms with Gasteiger partial charge in [0.2, 0.25) is 5.88 Å². The van der Waals surface area contributed by atoms with Gasteiger partial charge in [0.25, 0.3) is 0 Å². The molecule has 4 rings (SSSR count). The normalized spacial score (nSPS) is 16.1. The Bertz CT molecular complexity index is 1290. The molecular weight excluding hydrogens is 440 g/mol. The van der Waals surface area contributed by atoms with Crippen LogP contribution < -0.4 is 10.1 Å². The first kappa shape index (κ1) is 23.8. The summed E-state index contributed by atoms with van der Waals surface area (Å²) in [7, 11) is 1.51. The van der Waals surface area contributed by atoms with E-state index in [2.05, 4.69) is 26.3 Å². The summed E-state index contributed by atoms with van der Waals surface area (Å²) in [5.74, 6) is -2.09. The summed E-state index contributed by atoms with van der Waals surface area (Å²) in [4.78, 5) is 13.5. The minimum absolute atomic E-state index is 0.270. The zero-order valence-corrected chi connectivity index (χ0v) is 19.8. The molecule has 2 heterocycles. The number of methoxy groups -OCH3 is 1. The number of hydrogen-bond acceptors (Lipinski definition) is 7. The number of nitrogens with zero attached hydrogens (tertiary/aromatic N) is 4. The van der Waals surface area contributed by atoms with Gasteiger partial charge in [-0.2, -0.15) is 19.0 Å². The van der Waals surface area contributed by atoms with E-state index in [0.717, 1.165) is 26.7 Å². The number of benzene rings is 1. The predicted octanol–water partition coefficient (Wildman–Crippen LogP) is 4.93. The Hall–Kier alpha value is -3.38. The average Bonchev–Trinajstić information content (AvgIpc) is 3.58. The number of aliphatic hydroxyl groups is 1. The van der Waals surface area contributed by atoms with E-state index >= 15 is 0 Å². The van der Waals surface area contributed by atoms with Crippen LogP contribution in [0.4, 0.5) is 14.6 Å². The van der Waals surface area contributed by atoms with Crippen molar-refractivity contribution >= 4 is 16.9 Å². The lowest BCUT2D eigenvalue weighted by Gasteiger charge is -2.30. The summed E-state index contributed by atoms with van der Waals surface area (Å²) in [6.07, 6.45) is 1.45. The van der Waals surface area contributed by atoms with E-state index in [1.54, 1.807) is 19.1 Å². The van der Waals surface area contributed by atoms with Crippen LogP contribution >= 0.6 is 0 Å². The van der Waals surface area contributed by atoms with Crippen LogP contribution in [0.15, 0.2) is 30.3 Å². The molecule has 0 spiro atoms. The average molecular weight is 468 g/mol. The van der Waals surface area contributed by atoms with Crippen molar-refractivity contribution in [3.63, 3.8) is 0 Å². The summed E-state index contributed by atoms with van der Waals surface area (Å²) < 4.78 is 34.9. The molecule has 0 radical (unpaired) electrons. The summed E-state index contributed by atoms with van der Waals surface area (Å²) in [6.45, 7) is 5.74. The van der Waals surface area contributed by atoms with Crippen LogP contribution in [0.3, 0.4) is 0 Å². The number of alkyl halides is 2. The van der Waals surface area contributed by atoms with Gasteiger partial charge in [-0.15, -0.1) is 0 Å². The van der Waals surface area contributed by atoms with Gasteiger partial charge in [0.1, 0.15) is 17.2 Å². The maximum absolute atomic E-state index is 14.7. The second-order valence-electron chi connectivity index (χ2n) is 9.35. The molecule has 1 aromatic carbocycles. The van der Waals surface area contributed by atoms with Gasteiger partial charge in [-0.25, -0.2) is 9.97 Å². The molecule has 1 aliphatic rings. The molecular formula is C25H27F2N5O2. The molecule has 0 aliphatic heterocycles. The minimum Gasteiger partial charge on any atom is -0.481 e. The molecule has 0 bridgehead atoms. The zero-order valence-electron chi connectivity index (χ0n) is 19.8. The fourth-order valence-corrected chi connectivity index (χ4v) is 3.97. The number of ether oxygens (including phenoxy) is 1. The number of pyridine rings is 1. The third kappa shape index (κ3) is 4.03. The Labute approximate surface area is 196 Å². The van der Waals surface area contributed by atoms with E-state index in [4.69, 9.17) is 4.74 Å². The third-order valence-corrected chi connectivity index (χ3v) is 6.31. The number of hydrogen-bond donors (Lipinski definition) is 2. The van der Waals surface area contributed by atoms with Gasteiger partial charge in [0.15, 0.2) is 5.65 Å². The molecule has 3 aromatic rings.